The predicted molar refractivity (Wildman–Crippen MR) is 60.1 cm³/mol. The molecule has 1 saturated carbocycles. The van der Waals surface area contributed by atoms with E-state index in [1.165, 1.54) is 12.4 Å². The summed E-state index contributed by atoms with van der Waals surface area (Å²) < 4.78 is 38.5. The molecule has 0 N–H and O–H groups in total. The zero-order valence-corrected chi connectivity index (χ0v) is 9.93. The van der Waals surface area contributed by atoms with E-state index in [0.29, 0.717) is 12.0 Å². The molecule has 1 aromatic rings. The van der Waals surface area contributed by atoms with Gasteiger partial charge in [-0.05, 0) is 36.8 Å². The van der Waals surface area contributed by atoms with Crippen molar-refractivity contribution in [2.45, 2.75) is 43.2 Å². The average Bonchev–Trinajstić information content (AvgIpc) is 2.28. The molecule has 0 spiro atoms. The first-order valence-corrected chi connectivity index (χ1v) is 6.07. The van der Waals surface area contributed by atoms with E-state index < -0.39 is 11.7 Å². The van der Waals surface area contributed by atoms with Gasteiger partial charge in [0.25, 0.3) is 0 Å². The van der Waals surface area contributed by atoms with Crippen molar-refractivity contribution >= 4 is 11.6 Å². The fourth-order valence-corrected chi connectivity index (χ4v) is 2.77. The molecule has 1 fully saturated rings. The second kappa shape index (κ2) is 4.84. The SMILES string of the molecule is FC(F)(F)c1ccncc1C1CCCC(Cl)C1. The third-order valence-electron chi connectivity index (χ3n) is 3.21. The highest BCUT2D eigenvalue weighted by Crippen LogP contribution is 2.41. The average molecular weight is 264 g/mol. The van der Waals surface area contributed by atoms with E-state index in [4.69, 9.17) is 11.6 Å². The van der Waals surface area contributed by atoms with Gasteiger partial charge in [-0.25, -0.2) is 0 Å². The first-order valence-electron chi connectivity index (χ1n) is 5.63. The Balaban J connectivity index is 2.31. The van der Waals surface area contributed by atoms with Gasteiger partial charge in [0.1, 0.15) is 0 Å². The van der Waals surface area contributed by atoms with Crippen LogP contribution in [-0.4, -0.2) is 10.4 Å². The maximum atomic E-state index is 12.8. The summed E-state index contributed by atoms with van der Waals surface area (Å²) >= 11 is 6.03. The van der Waals surface area contributed by atoms with Crippen molar-refractivity contribution in [2.75, 3.05) is 0 Å². The van der Waals surface area contributed by atoms with Crippen LogP contribution < -0.4 is 0 Å². The van der Waals surface area contributed by atoms with Gasteiger partial charge >= 0.3 is 6.18 Å². The summed E-state index contributed by atoms with van der Waals surface area (Å²) in [5.74, 6) is -0.114. The molecule has 1 aromatic heterocycles. The first-order chi connectivity index (χ1) is 7.98. The number of halogens is 4. The van der Waals surface area contributed by atoms with E-state index in [0.717, 1.165) is 25.3 Å². The molecule has 0 aromatic carbocycles. The smallest absolute Gasteiger partial charge is 0.264 e. The fourth-order valence-electron chi connectivity index (χ4n) is 2.40. The number of pyridine rings is 1. The maximum Gasteiger partial charge on any atom is 0.416 e. The van der Waals surface area contributed by atoms with Crippen LogP contribution in [0.5, 0.6) is 0 Å². The minimum absolute atomic E-state index is 0.0185. The molecule has 0 aliphatic heterocycles. The van der Waals surface area contributed by atoms with E-state index >= 15 is 0 Å². The Morgan fingerprint density at radius 1 is 1.29 bits per heavy atom. The van der Waals surface area contributed by atoms with Gasteiger partial charge in [0, 0.05) is 17.8 Å². The Labute approximate surface area is 103 Å². The molecule has 1 aliphatic carbocycles. The van der Waals surface area contributed by atoms with Gasteiger partial charge < -0.3 is 0 Å². The monoisotopic (exact) mass is 263 g/mol. The topological polar surface area (TPSA) is 12.9 Å². The van der Waals surface area contributed by atoms with Gasteiger partial charge in [-0.1, -0.05) is 6.42 Å². The van der Waals surface area contributed by atoms with Gasteiger partial charge in [-0.3, -0.25) is 4.98 Å². The predicted octanol–water partition coefficient (Wildman–Crippen LogP) is 4.37. The number of nitrogens with zero attached hydrogens (tertiary/aromatic N) is 1. The number of hydrogen-bond acceptors (Lipinski definition) is 1. The molecule has 94 valence electrons. The molecule has 2 unspecified atom stereocenters. The van der Waals surface area contributed by atoms with Crippen molar-refractivity contribution < 1.29 is 13.2 Å². The summed E-state index contributed by atoms with van der Waals surface area (Å²) in [6, 6.07) is 1.05. The molecule has 1 aliphatic rings. The van der Waals surface area contributed by atoms with Crippen molar-refractivity contribution in [1.29, 1.82) is 0 Å². The molecule has 0 radical (unpaired) electrons. The summed E-state index contributed by atoms with van der Waals surface area (Å²) in [7, 11) is 0. The second-order valence-electron chi connectivity index (χ2n) is 4.42. The van der Waals surface area contributed by atoms with Gasteiger partial charge in [0.15, 0.2) is 0 Å². The van der Waals surface area contributed by atoms with E-state index in [1.54, 1.807) is 0 Å². The van der Waals surface area contributed by atoms with Crippen molar-refractivity contribution in [3.8, 4) is 0 Å². The minimum atomic E-state index is -4.31. The van der Waals surface area contributed by atoms with Crippen LogP contribution in [0.4, 0.5) is 13.2 Å². The Kier molecular flexibility index (Phi) is 3.61. The number of rotatable bonds is 1. The van der Waals surface area contributed by atoms with Crippen LogP contribution in [0.25, 0.3) is 0 Å². The molecule has 5 heteroatoms. The Morgan fingerprint density at radius 2 is 2.06 bits per heavy atom. The largest absolute Gasteiger partial charge is 0.416 e. The van der Waals surface area contributed by atoms with E-state index in [9.17, 15) is 13.2 Å². The Hall–Kier alpha value is -0.770. The summed E-state index contributed by atoms with van der Waals surface area (Å²) in [6.07, 6.45) is 1.35. The van der Waals surface area contributed by atoms with E-state index in [1.807, 2.05) is 0 Å². The highest BCUT2D eigenvalue weighted by Gasteiger charge is 2.36. The van der Waals surface area contributed by atoms with Gasteiger partial charge in [-0.2, -0.15) is 13.2 Å². The molecule has 0 amide bonds. The number of aromatic nitrogens is 1. The van der Waals surface area contributed by atoms with Crippen LogP contribution in [0, 0.1) is 0 Å². The lowest BCUT2D eigenvalue weighted by Crippen LogP contribution is -2.18. The lowest BCUT2D eigenvalue weighted by atomic mass is 9.82. The number of hydrogen-bond donors (Lipinski definition) is 0. The minimum Gasteiger partial charge on any atom is -0.264 e. The zero-order valence-electron chi connectivity index (χ0n) is 9.17. The van der Waals surface area contributed by atoms with E-state index in [2.05, 4.69) is 4.98 Å². The third kappa shape index (κ3) is 2.92. The van der Waals surface area contributed by atoms with E-state index in [-0.39, 0.29) is 11.3 Å². The summed E-state index contributed by atoms with van der Waals surface area (Å²) in [5, 5.41) is -0.0185. The Morgan fingerprint density at radius 3 is 2.71 bits per heavy atom. The first kappa shape index (κ1) is 12.7. The van der Waals surface area contributed by atoms with Gasteiger partial charge in [-0.15, -0.1) is 11.6 Å². The molecule has 17 heavy (non-hydrogen) atoms. The lowest BCUT2D eigenvalue weighted by Gasteiger charge is -2.27. The van der Waals surface area contributed by atoms with Crippen LogP contribution in [0.2, 0.25) is 0 Å². The van der Waals surface area contributed by atoms with Crippen LogP contribution >= 0.6 is 11.6 Å². The maximum absolute atomic E-state index is 12.8. The molecule has 1 heterocycles. The number of alkyl halides is 4. The third-order valence-corrected chi connectivity index (χ3v) is 3.60. The highest BCUT2D eigenvalue weighted by molar-refractivity contribution is 6.20. The van der Waals surface area contributed by atoms with Gasteiger partial charge in [0.2, 0.25) is 0 Å². The molecule has 2 rings (SSSR count). The highest BCUT2D eigenvalue weighted by atomic mass is 35.5. The van der Waals surface area contributed by atoms with Crippen LogP contribution in [0.15, 0.2) is 18.5 Å². The molecule has 1 nitrogen and oxygen atoms in total. The van der Waals surface area contributed by atoms with Crippen molar-refractivity contribution in [1.82, 2.24) is 4.98 Å². The van der Waals surface area contributed by atoms with Gasteiger partial charge in [0.05, 0.1) is 5.56 Å². The quantitative estimate of drug-likeness (QED) is 0.686. The van der Waals surface area contributed by atoms with Crippen molar-refractivity contribution in [3.05, 3.63) is 29.6 Å². The van der Waals surface area contributed by atoms with Crippen molar-refractivity contribution in [3.63, 3.8) is 0 Å². The molecule has 0 saturated heterocycles. The van der Waals surface area contributed by atoms with Crippen LogP contribution in [-0.2, 0) is 6.18 Å². The second-order valence-corrected chi connectivity index (χ2v) is 5.04. The molecule has 2 atom stereocenters. The summed E-state index contributed by atoms with van der Waals surface area (Å²) in [6.45, 7) is 0. The zero-order chi connectivity index (χ0) is 12.5. The van der Waals surface area contributed by atoms with Crippen LogP contribution in [0.1, 0.15) is 42.7 Å². The Bertz CT molecular complexity index is 392. The summed E-state index contributed by atoms with van der Waals surface area (Å²) in [5.41, 5.74) is -0.270. The van der Waals surface area contributed by atoms with Crippen molar-refractivity contribution in [2.24, 2.45) is 0 Å². The molecular weight excluding hydrogens is 251 g/mol. The summed E-state index contributed by atoms with van der Waals surface area (Å²) in [4.78, 5) is 3.82. The lowest BCUT2D eigenvalue weighted by molar-refractivity contribution is -0.138. The fraction of sp³-hybridized carbons (Fsp3) is 0.583. The molecule has 0 bridgehead atoms. The van der Waals surface area contributed by atoms with Crippen LogP contribution in [0.3, 0.4) is 0 Å². The molecular formula is C12H13ClF3N. The normalized spacial score (nSPS) is 25.9. The standard InChI is InChI=1S/C12H13ClF3N/c13-9-3-1-2-8(6-9)10-7-17-5-4-11(10)12(14,15)16/h4-5,7-9H,1-3,6H2.